The van der Waals surface area contributed by atoms with Crippen LogP contribution < -0.4 is 10.5 Å². The van der Waals surface area contributed by atoms with Crippen molar-refractivity contribution in [1.29, 1.82) is 0 Å². The second-order valence-electron chi connectivity index (χ2n) is 4.06. The molecule has 2 N–H and O–H groups in total. The SMILES string of the molecule is COc1cc(CC(C)N)cc(F)c1S(C)(=O)=O. The number of hydrogen-bond donors (Lipinski definition) is 1. The van der Waals surface area contributed by atoms with Gasteiger partial charge in [0.25, 0.3) is 0 Å². The van der Waals surface area contributed by atoms with Crippen molar-refractivity contribution in [2.75, 3.05) is 13.4 Å². The highest BCUT2D eigenvalue weighted by Gasteiger charge is 2.21. The zero-order valence-electron chi connectivity index (χ0n) is 10.0. The molecule has 1 aromatic carbocycles. The smallest absolute Gasteiger partial charge is 0.182 e. The number of halogens is 1. The molecular formula is C11H16FNO3S. The molecule has 0 saturated heterocycles. The van der Waals surface area contributed by atoms with Gasteiger partial charge in [0.1, 0.15) is 16.5 Å². The van der Waals surface area contributed by atoms with Crippen LogP contribution in [0.25, 0.3) is 0 Å². The summed E-state index contributed by atoms with van der Waals surface area (Å²) in [6, 6.07) is 2.55. The highest BCUT2D eigenvalue weighted by molar-refractivity contribution is 7.90. The first-order chi connectivity index (χ1) is 7.75. The summed E-state index contributed by atoms with van der Waals surface area (Å²) >= 11 is 0. The Morgan fingerprint density at radius 3 is 2.47 bits per heavy atom. The van der Waals surface area contributed by atoms with Gasteiger partial charge in [-0.1, -0.05) is 0 Å². The lowest BCUT2D eigenvalue weighted by atomic mass is 10.1. The number of methoxy groups -OCH3 is 1. The van der Waals surface area contributed by atoms with Crippen LogP contribution in [0.1, 0.15) is 12.5 Å². The number of rotatable bonds is 4. The van der Waals surface area contributed by atoms with Crippen molar-refractivity contribution in [2.45, 2.75) is 24.3 Å². The van der Waals surface area contributed by atoms with E-state index in [-0.39, 0.29) is 11.8 Å². The molecule has 0 saturated carbocycles. The quantitative estimate of drug-likeness (QED) is 0.882. The summed E-state index contributed by atoms with van der Waals surface area (Å²) in [4.78, 5) is -0.409. The van der Waals surface area contributed by atoms with Crippen LogP contribution in [0.4, 0.5) is 4.39 Å². The highest BCUT2D eigenvalue weighted by atomic mass is 32.2. The van der Waals surface area contributed by atoms with Gasteiger partial charge < -0.3 is 10.5 Å². The van der Waals surface area contributed by atoms with Gasteiger partial charge in [0, 0.05) is 12.3 Å². The van der Waals surface area contributed by atoms with Gasteiger partial charge in [-0.05, 0) is 31.0 Å². The Morgan fingerprint density at radius 1 is 1.47 bits per heavy atom. The van der Waals surface area contributed by atoms with E-state index in [1.807, 2.05) is 0 Å². The molecule has 1 aromatic rings. The fourth-order valence-corrected chi connectivity index (χ4v) is 2.54. The van der Waals surface area contributed by atoms with E-state index in [2.05, 4.69) is 0 Å². The molecule has 1 unspecified atom stereocenters. The number of sulfone groups is 1. The fraction of sp³-hybridized carbons (Fsp3) is 0.455. The molecule has 0 bridgehead atoms. The lowest BCUT2D eigenvalue weighted by molar-refractivity contribution is 0.394. The van der Waals surface area contributed by atoms with E-state index in [0.29, 0.717) is 12.0 Å². The van der Waals surface area contributed by atoms with Crippen molar-refractivity contribution in [1.82, 2.24) is 0 Å². The van der Waals surface area contributed by atoms with Crippen LogP contribution in [0.15, 0.2) is 17.0 Å². The molecule has 4 nitrogen and oxygen atoms in total. The third-order valence-electron chi connectivity index (χ3n) is 2.22. The first-order valence-corrected chi connectivity index (χ1v) is 6.97. The van der Waals surface area contributed by atoms with Crippen molar-refractivity contribution >= 4 is 9.84 Å². The van der Waals surface area contributed by atoms with Gasteiger partial charge in [0.05, 0.1) is 7.11 Å². The Balaban J connectivity index is 3.36. The fourth-order valence-electron chi connectivity index (χ4n) is 1.62. The maximum absolute atomic E-state index is 13.7. The Kier molecular flexibility index (Phi) is 4.11. The van der Waals surface area contributed by atoms with Crippen LogP contribution in [0.5, 0.6) is 5.75 Å². The lowest BCUT2D eigenvalue weighted by Gasteiger charge is -2.12. The Morgan fingerprint density at radius 2 is 2.06 bits per heavy atom. The molecule has 0 aromatic heterocycles. The molecule has 0 aliphatic carbocycles. The summed E-state index contributed by atoms with van der Waals surface area (Å²) < 4.78 is 41.5. The molecule has 0 heterocycles. The third kappa shape index (κ3) is 3.41. The van der Waals surface area contributed by atoms with E-state index in [4.69, 9.17) is 10.5 Å². The predicted octanol–water partition coefficient (Wildman–Crippen LogP) is 1.13. The van der Waals surface area contributed by atoms with E-state index in [1.165, 1.54) is 19.2 Å². The van der Waals surface area contributed by atoms with Gasteiger partial charge in [0.15, 0.2) is 9.84 Å². The molecule has 0 fully saturated rings. The van der Waals surface area contributed by atoms with Gasteiger partial charge in [0.2, 0.25) is 0 Å². The zero-order valence-corrected chi connectivity index (χ0v) is 10.8. The molecule has 0 aliphatic heterocycles. The van der Waals surface area contributed by atoms with E-state index < -0.39 is 20.5 Å². The van der Waals surface area contributed by atoms with Crippen LogP contribution in [0.2, 0.25) is 0 Å². The highest BCUT2D eigenvalue weighted by Crippen LogP contribution is 2.28. The molecule has 0 amide bonds. The average molecular weight is 261 g/mol. The summed E-state index contributed by atoms with van der Waals surface area (Å²) in [6.45, 7) is 1.79. The molecule has 1 atom stereocenters. The number of ether oxygens (including phenoxy) is 1. The number of nitrogens with two attached hydrogens (primary N) is 1. The molecule has 6 heteroatoms. The molecule has 1 rings (SSSR count). The van der Waals surface area contributed by atoms with Gasteiger partial charge in [-0.25, -0.2) is 12.8 Å². The summed E-state index contributed by atoms with van der Waals surface area (Å²) in [6.07, 6.45) is 1.40. The second kappa shape index (κ2) is 5.01. The van der Waals surface area contributed by atoms with Crippen LogP contribution in [-0.4, -0.2) is 27.8 Å². The van der Waals surface area contributed by atoms with E-state index in [9.17, 15) is 12.8 Å². The maximum atomic E-state index is 13.7. The first kappa shape index (κ1) is 13.9. The summed E-state index contributed by atoms with van der Waals surface area (Å²) in [5.41, 5.74) is 6.22. The summed E-state index contributed by atoms with van der Waals surface area (Å²) in [5.74, 6) is -0.786. The van der Waals surface area contributed by atoms with E-state index in [1.54, 1.807) is 6.92 Å². The van der Waals surface area contributed by atoms with Crippen molar-refractivity contribution < 1.29 is 17.5 Å². The van der Waals surface area contributed by atoms with Gasteiger partial charge >= 0.3 is 0 Å². The van der Waals surface area contributed by atoms with E-state index >= 15 is 0 Å². The second-order valence-corrected chi connectivity index (χ2v) is 6.02. The van der Waals surface area contributed by atoms with Gasteiger partial charge in [-0.3, -0.25) is 0 Å². The Hall–Kier alpha value is -1.14. The number of hydrogen-bond acceptors (Lipinski definition) is 4. The third-order valence-corrected chi connectivity index (χ3v) is 3.36. The van der Waals surface area contributed by atoms with E-state index in [0.717, 1.165) is 6.26 Å². The normalized spacial score (nSPS) is 13.5. The van der Waals surface area contributed by atoms with Gasteiger partial charge in [-0.15, -0.1) is 0 Å². The Labute approximate surface area is 101 Å². The van der Waals surface area contributed by atoms with Crippen molar-refractivity contribution in [3.63, 3.8) is 0 Å². The van der Waals surface area contributed by atoms with Crippen LogP contribution in [-0.2, 0) is 16.3 Å². The zero-order chi connectivity index (χ0) is 13.2. The monoisotopic (exact) mass is 261 g/mol. The van der Waals surface area contributed by atoms with Crippen molar-refractivity contribution in [3.05, 3.63) is 23.5 Å². The number of benzene rings is 1. The lowest BCUT2D eigenvalue weighted by Crippen LogP contribution is -2.18. The van der Waals surface area contributed by atoms with Gasteiger partial charge in [-0.2, -0.15) is 0 Å². The minimum Gasteiger partial charge on any atom is -0.495 e. The summed E-state index contributed by atoms with van der Waals surface area (Å²) in [7, 11) is -2.35. The maximum Gasteiger partial charge on any atom is 0.182 e. The van der Waals surface area contributed by atoms with Crippen LogP contribution in [0, 0.1) is 5.82 Å². The standard InChI is InChI=1S/C11H16FNO3S/c1-7(13)4-8-5-9(12)11(17(3,14)15)10(6-8)16-2/h5-7H,4,13H2,1-3H3. The minimum absolute atomic E-state index is 0.0168. The Bertz CT molecular complexity index is 512. The first-order valence-electron chi connectivity index (χ1n) is 5.07. The molecular weight excluding hydrogens is 245 g/mol. The minimum atomic E-state index is -3.65. The molecule has 96 valence electrons. The predicted molar refractivity (Wildman–Crippen MR) is 63.4 cm³/mol. The van der Waals surface area contributed by atoms with Crippen LogP contribution >= 0.6 is 0 Å². The average Bonchev–Trinajstić information content (AvgIpc) is 2.13. The largest absolute Gasteiger partial charge is 0.495 e. The van der Waals surface area contributed by atoms with Crippen molar-refractivity contribution in [3.8, 4) is 5.75 Å². The molecule has 0 aliphatic rings. The van der Waals surface area contributed by atoms with Crippen LogP contribution in [0.3, 0.4) is 0 Å². The molecule has 17 heavy (non-hydrogen) atoms. The topological polar surface area (TPSA) is 69.4 Å². The molecule has 0 radical (unpaired) electrons. The summed E-state index contributed by atoms with van der Waals surface area (Å²) in [5, 5.41) is 0. The van der Waals surface area contributed by atoms with Crippen molar-refractivity contribution in [2.24, 2.45) is 5.73 Å². The molecule has 0 spiro atoms.